The summed E-state index contributed by atoms with van der Waals surface area (Å²) in [6, 6.07) is 2.25. The monoisotopic (exact) mass is 240 g/mol. The summed E-state index contributed by atoms with van der Waals surface area (Å²) < 4.78 is 4.76. The van der Waals surface area contributed by atoms with Crippen molar-refractivity contribution in [2.75, 3.05) is 20.2 Å². The van der Waals surface area contributed by atoms with Crippen LogP contribution in [-0.4, -0.2) is 37.1 Å². The van der Waals surface area contributed by atoms with E-state index in [1.54, 1.807) is 0 Å². The zero-order chi connectivity index (χ0) is 13.4. The first-order valence-electron chi connectivity index (χ1n) is 6.12. The Balaban J connectivity index is 4.55. The molecule has 4 heteroatoms. The SMILES string of the molecule is COC(=O)C(C)C(C)N(CCC#N)CC(C)C. The molecule has 98 valence electrons. The topological polar surface area (TPSA) is 53.3 Å². The Morgan fingerprint density at radius 2 is 1.94 bits per heavy atom. The summed E-state index contributed by atoms with van der Waals surface area (Å²) in [4.78, 5) is 13.7. The molecule has 0 spiro atoms. The van der Waals surface area contributed by atoms with E-state index in [4.69, 9.17) is 10.00 Å². The molecule has 0 rings (SSSR count). The Kier molecular flexibility index (Phi) is 7.56. The van der Waals surface area contributed by atoms with Crippen molar-refractivity contribution >= 4 is 5.97 Å². The Labute approximate surface area is 105 Å². The van der Waals surface area contributed by atoms with Gasteiger partial charge in [-0.1, -0.05) is 20.8 Å². The predicted octanol–water partition coefficient (Wildman–Crippen LogP) is 2.06. The molecular formula is C13H24N2O2. The quantitative estimate of drug-likeness (QED) is 0.639. The molecule has 2 atom stereocenters. The van der Waals surface area contributed by atoms with Crippen LogP contribution >= 0.6 is 0 Å². The molecule has 2 unspecified atom stereocenters. The first-order chi connectivity index (χ1) is 7.93. The van der Waals surface area contributed by atoms with Crippen LogP contribution in [0.3, 0.4) is 0 Å². The van der Waals surface area contributed by atoms with Gasteiger partial charge in [0.05, 0.1) is 19.1 Å². The normalized spacial score (nSPS) is 14.5. The second kappa shape index (κ2) is 8.08. The van der Waals surface area contributed by atoms with Gasteiger partial charge in [0, 0.05) is 25.6 Å². The van der Waals surface area contributed by atoms with Crippen molar-refractivity contribution in [3.8, 4) is 6.07 Å². The molecule has 0 heterocycles. The first kappa shape index (κ1) is 15.9. The van der Waals surface area contributed by atoms with Crippen LogP contribution in [0.4, 0.5) is 0 Å². The van der Waals surface area contributed by atoms with Crippen LogP contribution < -0.4 is 0 Å². The summed E-state index contributed by atoms with van der Waals surface area (Å²) in [5, 5.41) is 8.66. The molecule has 0 aromatic carbocycles. The lowest BCUT2D eigenvalue weighted by Gasteiger charge is -2.32. The lowest BCUT2D eigenvalue weighted by atomic mass is 10.0. The highest BCUT2D eigenvalue weighted by Gasteiger charge is 2.26. The number of hydrogen-bond acceptors (Lipinski definition) is 4. The van der Waals surface area contributed by atoms with Gasteiger partial charge in [-0.05, 0) is 12.8 Å². The van der Waals surface area contributed by atoms with Gasteiger partial charge in [-0.25, -0.2) is 0 Å². The van der Waals surface area contributed by atoms with Crippen LogP contribution in [0.2, 0.25) is 0 Å². The van der Waals surface area contributed by atoms with E-state index in [0.29, 0.717) is 18.9 Å². The molecule has 0 aliphatic heterocycles. The minimum Gasteiger partial charge on any atom is -0.469 e. The van der Waals surface area contributed by atoms with E-state index in [1.807, 2.05) is 13.8 Å². The summed E-state index contributed by atoms with van der Waals surface area (Å²) in [7, 11) is 1.41. The van der Waals surface area contributed by atoms with E-state index < -0.39 is 0 Å². The lowest BCUT2D eigenvalue weighted by molar-refractivity contribution is -0.147. The predicted molar refractivity (Wildman–Crippen MR) is 67.3 cm³/mol. The van der Waals surface area contributed by atoms with Crippen molar-refractivity contribution < 1.29 is 9.53 Å². The maximum Gasteiger partial charge on any atom is 0.309 e. The Morgan fingerprint density at radius 3 is 2.35 bits per heavy atom. The number of methoxy groups -OCH3 is 1. The largest absolute Gasteiger partial charge is 0.469 e. The van der Waals surface area contributed by atoms with Crippen molar-refractivity contribution in [3.63, 3.8) is 0 Å². The first-order valence-corrected chi connectivity index (χ1v) is 6.12. The Hall–Kier alpha value is -1.08. The molecule has 4 nitrogen and oxygen atoms in total. The number of rotatable bonds is 7. The summed E-state index contributed by atoms with van der Waals surface area (Å²) in [6.45, 7) is 9.75. The Morgan fingerprint density at radius 1 is 1.35 bits per heavy atom. The molecule has 0 aliphatic carbocycles. The molecule has 0 N–H and O–H groups in total. The number of carbonyl (C=O) groups is 1. The zero-order valence-electron chi connectivity index (χ0n) is 11.6. The Bertz CT molecular complexity index is 271. The maximum absolute atomic E-state index is 11.5. The molecule has 0 bridgehead atoms. The number of carbonyl (C=O) groups excluding carboxylic acids is 1. The van der Waals surface area contributed by atoms with Crippen LogP contribution in [0.15, 0.2) is 0 Å². The van der Waals surface area contributed by atoms with E-state index in [-0.39, 0.29) is 17.9 Å². The smallest absolute Gasteiger partial charge is 0.309 e. The molecule has 0 saturated heterocycles. The fourth-order valence-corrected chi connectivity index (χ4v) is 1.82. The van der Waals surface area contributed by atoms with Crippen LogP contribution in [0.25, 0.3) is 0 Å². The van der Waals surface area contributed by atoms with Gasteiger partial charge < -0.3 is 4.74 Å². The lowest BCUT2D eigenvalue weighted by Crippen LogP contribution is -2.43. The van der Waals surface area contributed by atoms with E-state index in [1.165, 1.54) is 7.11 Å². The van der Waals surface area contributed by atoms with Gasteiger partial charge in [0.2, 0.25) is 0 Å². The molecule has 0 radical (unpaired) electrons. The summed E-state index contributed by atoms with van der Waals surface area (Å²) in [5.41, 5.74) is 0. The number of nitrogens with zero attached hydrogens (tertiary/aromatic N) is 2. The minimum absolute atomic E-state index is 0.0956. The van der Waals surface area contributed by atoms with Crippen molar-refractivity contribution in [2.45, 2.75) is 40.2 Å². The fourth-order valence-electron chi connectivity index (χ4n) is 1.82. The fraction of sp³-hybridized carbons (Fsp3) is 0.846. The van der Waals surface area contributed by atoms with Crippen LogP contribution in [-0.2, 0) is 9.53 Å². The van der Waals surface area contributed by atoms with Crippen LogP contribution in [0.5, 0.6) is 0 Å². The highest BCUT2D eigenvalue weighted by Crippen LogP contribution is 2.14. The van der Waals surface area contributed by atoms with Gasteiger partial charge in [-0.3, -0.25) is 9.69 Å². The third-order valence-electron chi connectivity index (χ3n) is 2.98. The van der Waals surface area contributed by atoms with Crippen molar-refractivity contribution in [3.05, 3.63) is 0 Å². The van der Waals surface area contributed by atoms with Gasteiger partial charge in [-0.2, -0.15) is 5.26 Å². The summed E-state index contributed by atoms with van der Waals surface area (Å²) in [6.07, 6.45) is 0.491. The number of esters is 1. The molecule has 17 heavy (non-hydrogen) atoms. The standard InChI is InChI=1S/C13H24N2O2/c1-10(2)9-15(8-6-7-14)12(4)11(3)13(16)17-5/h10-12H,6,8-9H2,1-5H3. The van der Waals surface area contributed by atoms with Gasteiger partial charge in [-0.15, -0.1) is 0 Å². The molecule has 0 aromatic heterocycles. The molecule has 0 fully saturated rings. The number of ether oxygens (including phenoxy) is 1. The molecular weight excluding hydrogens is 216 g/mol. The highest BCUT2D eigenvalue weighted by molar-refractivity contribution is 5.72. The van der Waals surface area contributed by atoms with Gasteiger partial charge >= 0.3 is 5.97 Å². The third kappa shape index (κ3) is 5.69. The van der Waals surface area contributed by atoms with Crippen molar-refractivity contribution in [1.82, 2.24) is 4.90 Å². The summed E-state index contributed by atoms with van der Waals surface area (Å²) >= 11 is 0. The molecule has 0 aromatic rings. The average Bonchev–Trinajstić information content (AvgIpc) is 2.31. The average molecular weight is 240 g/mol. The van der Waals surface area contributed by atoms with Gasteiger partial charge in [0.1, 0.15) is 0 Å². The second-order valence-corrected chi connectivity index (χ2v) is 4.85. The van der Waals surface area contributed by atoms with Gasteiger partial charge in [0.15, 0.2) is 0 Å². The van der Waals surface area contributed by atoms with E-state index in [2.05, 4.69) is 24.8 Å². The van der Waals surface area contributed by atoms with Gasteiger partial charge in [0.25, 0.3) is 0 Å². The number of hydrogen-bond donors (Lipinski definition) is 0. The minimum atomic E-state index is -0.191. The summed E-state index contributed by atoms with van der Waals surface area (Å²) in [5.74, 6) is 0.154. The van der Waals surface area contributed by atoms with E-state index in [9.17, 15) is 4.79 Å². The second-order valence-electron chi connectivity index (χ2n) is 4.85. The number of nitriles is 1. The van der Waals surface area contributed by atoms with Crippen LogP contribution in [0, 0.1) is 23.2 Å². The highest BCUT2D eigenvalue weighted by atomic mass is 16.5. The van der Waals surface area contributed by atoms with Crippen LogP contribution in [0.1, 0.15) is 34.1 Å². The third-order valence-corrected chi connectivity index (χ3v) is 2.98. The van der Waals surface area contributed by atoms with Crippen molar-refractivity contribution in [2.24, 2.45) is 11.8 Å². The van der Waals surface area contributed by atoms with E-state index >= 15 is 0 Å². The maximum atomic E-state index is 11.5. The molecule has 0 amide bonds. The van der Waals surface area contributed by atoms with Crippen molar-refractivity contribution in [1.29, 1.82) is 5.26 Å². The van der Waals surface area contributed by atoms with E-state index in [0.717, 1.165) is 6.54 Å². The zero-order valence-corrected chi connectivity index (χ0v) is 11.6. The molecule has 0 aliphatic rings. The molecule has 0 saturated carbocycles.